The number of H-pyrrole nitrogens is 5. The summed E-state index contributed by atoms with van der Waals surface area (Å²) in [6, 6.07) is 36.9. The molecule has 12 heterocycles. The first-order valence-corrected chi connectivity index (χ1v) is 46.8. The van der Waals surface area contributed by atoms with Crippen LogP contribution in [0.2, 0.25) is 20.1 Å². The zero-order valence-corrected chi connectivity index (χ0v) is 75.7. The Morgan fingerprint density at radius 2 is 0.885 bits per heavy atom. The maximum Gasteiger partial charge on any atom is 0.252 e. The van der Waals surface area contributed by atoms with Crippen LogP contribution in [-0.2, 0) is 26.5 Å². The number of hydrogen-bond donors (Lipinski definition) is 14. The number of halogens is 4. The minimum atomic E-state index is -3.67. The van der Waals surface area contributed by atoms with E-state index in [1.807, 2.05) is 42.5 Å². The van der Waals surface area contributed by atoms with Gasteiger partial charge in [-0.25, -0.2) is 71.4 Å². The number of sulfonamides is 2. The number of aliphatic hydroxyl groups is 1. The van der Waals surface area contributed by atoms with Crippen LogP contribution < -0.4 is 37.0 Å². The number of carbonyl (C=O) groups excluding carboxylic acids is 1. The molecule has 5 aliphatic rings. The molecule has 15 aromatic rings. The molecule has 0 saturated heterocycles. The van der Waals surface area contributed by atoms with Crippen molar-refractivity contribution in [1.29, 1.82) is 5.26 Å². The fraction of sp³-hybridized carbons (Fsp3) is 0.230. The summed E-state index contributed by atoms with van der Waals surface area (Å²) in [5.41, 5.74) is 14.1. The van der Waals surface area contributed by atoms with Crippen molar-refractivity contribution in [2.45, 2.75) is 109 Å². The van der Waals surface area contributed by atoms with E-state index in [0.717, 1.165) is 72.3 Å². The monoisotopic (exact) mass is 1920 g/mol. The van der Waals surface area contributed by atoms with Gasteiger partial charge in [0.2, 0.25) is 15.9 Å². The summed E-state index contributed by atoms with van der Waals surface area (Å²) in [6.07, 6.45) is 31.0. The molecule has 678 valence electrons. The number of anilines is 10. The molecular weight excluding hydrogens is 1830 g/mol. The van der Waals surface area contributed by atoms with Crippen molar-refractivity contribution >= 4 is 153 Å². The van der Waals surface area contributed by atoms with E-state index < -0.39 is 26.0 Å². The number of aromatic amines is 5. The molecule has 12 aromatic heterocycles. The van der Waals surface area contributed by atoms with Crippen molar-refractivity contribution in [3.63, 3.8) is 0 Å². The Morgan fingerprint density at radius 3 is 1.31 bits per heavy atom. The summed E-state index contributed by atoms with van der Waals surface area (Å²) in [5, 5.41) is 80.5. The van der Waals surface area contributed by atoms with Gasteiger partial charge in [-0.1, -0.05) is 70.4 Å². The van der Waals surface area contributed by atoms with E-state index in [1.54, 1.807) is 73.1 Å². The lowest BCUT2D eigenvalue weighted by Gasteiger charge is -2.13. The van der Waals surface area contributed by atoms with E-state index in [1.165, 1.54) is 114 Å². The maximum atomic E-state index is 12.5. The summed E-state index contributed by atoms with van der Waals surface area (Å²) in [6.45, 7) is -0.230. The second-order valence-corrected chi connectivity index (χ2v) is 38.6. The minimum Gasteiger partial charge on any atom is -0.508 e. The largest absolute Gasteiger partial charge is 0.508 e. The molecule has 0 bridgehead atoms. The zero-order valence-electron chi connectivity index (χ0n) is 69.4. The van der Waals surface area contributed by atoms with Crippen molar-refractivity contribution in [3.8, 4) is 92.1 Å². The van der Waals surface area contributed by atoms with Crippen molar-refractivity contribution in [3.05, 3.63) is 222 Å². The molecule has 5 fully saturated rings. The van der Waals surface area contributed by atoms with Crippen LogP contribution in [0.5, 0.6) is 5.75 Å². The molecule has 0 atom stereocenters. The van der Waals surface area contributed by atoms with Gasteiger partial charge in [0.25, 0.3) is 10.0 Å². The van der Waals surface area contributed by atoms with Crippen LogP contribution >= 0.6 is 69.1 Å². The lowest BCUT2D eigenvalue weighted by Crippen LogP contribution is -2.29. The number of aromatic hydroxyl groups is 1. The predicted molar refractivity (Wildman–Crippen MR) is 514 cm³/mol. The van der Waals surface area contributed by atoms with Crippen LogP contribution in [0.25, 0.3) is 55.6 Å². The lowest BCUT2D eigenvalue weighted by molar-refractivity contribution is 0.1000. The number of hydrogen-bond acceptors (Lipinski definition) is 30. The third-order valence-electron chi connectivity index (χ3n) is 20.7. The number of rotatable bonds is 28. The van der Waals surface area contributed by atoms with Gasteiger partial charge >= 0.3 is 0 Å². The summed E-state index contributed by atoms with van der Waals surface area (Å²) in [5.74, 6) is 15.3. The fourth-order valence-electron chi connectivity index (χ4n) is 12.9. The summed E-state index contributed by atoms with van der Waals surface area (Å²) < 4.78 is 52.6. The minimum absolute atomic E-state index is 0. The molecule has 44 heteroatoms. The van der Waals surface area contributed by atoms with E-state index in [2.05, 4.69) is 150 Å². The average molecular weight is 1920 g/mol. The molecule has 131 heavy (non-hydrogen) atoms. The number of nitrogens with two attached hydrogens (primary N) is 1. The SMILES string of the molecule is C#Cc1cnc(-c2ccc(CC#N)s2)nc1Nc1cc(C2CC2)[nH]n1.C#Cc1cnc(-c2ccc(Cl)c(C(N)=O)c2)nc1Nc1cc(C2CC2)[nH]n1.CN(CCO)S(=O)(=O)c1ccc(-c2ncc(Cl)c(Nc3cc(C4CC4)[nH]n3)n2)s1.CNS(=O)(=O)c1cccc(-c2ncc(Cl)c(Nc3cc(C4CC4)[nH]n3)n2)c1.Oc1ccc(-c2ncc(Cl)c(Nc3cc(C4CC4)[nH]n3)n2)cc1.[HH].[HH].[HH].[HH].[HH].[HH]. The van der Waals surface area contributed by atoms with Gasteiger partial charge in [0.15, 0.2) is 87.3 Å². The number of carbonyl (C=O) groups is 1. The zero-order chi connectivity index (χ0) is 91.6. The van der Waals surface area contributed by atoms with Crippen LogP contribution in [-0.4, -0.2) is 165 Å². The quantitative estimate of drug-likeness (QED) is 0.0203. The molecule has 0 spiro atoms. The number of terminal acetylenes is 2. The van der Waals surface area contributed by atoms with Crippen molar-refractivity contribution < 1.29 is 40.4 Å². The number of primary amides is 1. The average Bonchev–Trinajstić information content (AvgIpc) is 1.11. The Bertz CT molecular complexity index is 7120. The van der Waals surface area contributed by atoms with E-state index in [4.69, 9.17) is 75.4 Å². The smallest absolute Gasteiger partial charge is 0.252 e. The molecular formula is C87H91Cl4N29O7S4. The number of nitrogens with one attached hydrogen (secondary N) is 11. The number of likely N-dealkylation sites (N-methyl/N-ethyl adjacent to an activating group) is 1. The molecule has 3 aromatic carbocycles. The number of phenols is 1. The summed E-state index contributed by atoms with van der Waals surface area (Å²) in [7, 11) is -4.44. The highest BCUT2D eigenvalue weighted by molar-refractivity contribution is 7.91. The van der Waals surface area contributed by atoms with Gasteiger partial charge in [0.05, 0.1) is 74.1 Å². The van der Waals surface area contributed by atoms with Crippen LogP contribution in [0.1, 0.15) is 157 Å². The fourth-order valence-corrected chi connectivity index (χ4v) is 17.8. The number of aliphatic hydroxyl groups excluding tert-OH is 1. The van der Waals surface area contributed by atoms with Gasteiger partial charge in [0, 0.05) is 145 Å². The van der Waals surface area contributed by atoms with Gasteiger partial charge in [-0.2, -0.15) is 35.1 Å². The Kier molecular flexibility index (Phi) is 27.8. The highest BCUT2D eigenvalue weighted by atomic mass is 35.5. The third kappa shape index (κ3) is 23.0. The Balaban J connectivity index is 0.000000175. The number of phenolic OH excluding ortho intramolecular Hbond substituents is 1. The highest BCUT2D eigenvalue weighted by Crippen LogP contribution is 2.45. The highest BCUT2D eigenvalue weighted by Gasteiger charge is 2.32. The Labute approximate surface area is 786 Å². The maximum absolute atomic E-state index is 12.5. The van der Waals surface area contributed by atoms with Crippen LogP contribution in [0, 0.1) is 36.0 Å². The molecule has 5 saturated carbocycles. The van der Waals surface area contributed by atoms with Crippen LogP contribution in [0.3, 0.4) is 0 Å². The van der Waals surface area contributed by atoms with Gasteiger partial charge in [-0.15, -0.1) is 35.5 Å². The van der Waals surface area contributed by atoms with E-state index in [-0.39, 0.29) is 47.2 Å². The first kappa shape index (κ1) is 90.7. The molecule has 0 radical (unpaired) electrons. The molecule has 5 aliphatic carbocycles. The molecule has 20 rings (SSSR count). The van der Waals surface area contributed by atoms with Crippen molar-refractivity contribution in [2.75, 3.05) is 53.8 Å². The molecule has 1 amide bonds. The topological polar surface area (TPSA) is 523 Å². The Morgan fingerprint density at radius 1 is 0.504 bits per heavy atom. The standard InChI is InChI=1S/C19H15ClN6O.C18H14N6S.C17H19ClN6O3S2.C17H17ClN6O2S.C16H14ClN5O.6H2/c1-2-10-9-22-18(12-5-6-14(20)13(7-12)17(21)27)24-19(10)23-16-8-15(25-26-16)11-3-4-11;1-2-11-10-20-18(15-6-5-13(25-15)7-8-19)22-17(11)21-16-9-14(23-24-16)12-3-4-12;1-24(6-7-25)29(26,27)15-5-4-13(28-15)17-19-9-11(18)16(21-17)20-14-8-12(22-23-14)10-2-3-10;1-19-27(25,26)12-4-2-3-11(7-12)16-20-9-13(18)17(22-16)21-15-8-14(23-24-15)10-5-6-10;17-12-8-18-15(10-3-5-11(23)6-4-10)20-16(12)19-14-7-13(21-22-14)9-1-2-9;;;;;;/h1,5-9,11H,3-4H2,(H2,21,27)(H2,22,23,24,25,26);1,5-6,9-10,12H,3-4,7H2,(H2,20,21,22,23,24);4-5,8-10,25H,2-3,6-7H2,1H3,(H2,19,20,21,22,23);2-4,7-10,19H,5-6H2,1H3,(H2,20,21,22,23,24);3-9,23H,1-2H2,(H2,18,19,20,21,22);6*1H. The number of benzene rings is 3. The lowest BCUT2D eigenvalue weighted by atomic mass is 10.1. The second kappa shape index (κ2) is 40.1. The van der Waals surface area contributed by atoms with Crippen molar-refractivity contribution in [1.82, 2.24) is 110 Å². The van der Waals surface area contributed by atoms with Gasteiger partial charge in [-0.05, 0) is 150 Å². The van der Waals surface area contributed by atoms with Gasteiger partial charge < -0.3 is 42.5 Å². The normalized spacial score (nSPS) is 13.8. The van der Waals surface area contributed by atoms with Crippen LogP contribution in [0.15, 0.2) is 161 Å². The summed E-state index contributed by atoms with van der Waals surface area (Å²) >= 11 is 27.2. The molecule has 36 nitrogen and oxygen atoms in total. The second-order valence-electron chi connectivity index (χ2n) is 30.5. The van der Waals surface area contributed by atoms with Crippen LogP contribution in [0.4, 0.5) is 58.2 Å². The molecule has 15 N–H and O–H groups in total. The third-order valence-corrected chi connectivity index (χ3v) is 27.8. The number of thiophene rings is 2. The number of amides is 1. The van der Waals surface area contributed by atoms with Crippen molar-refractivity contribution in [2.24, 2.45) is 5.73 Å². The number of nitriles is 1. The first-order valence-electron chi connectivity index (χ1n) is 40.8. The molecule has 0 unspecified atom stereocenters. The van der Waals surface area contributed by atoms with Gasteiger partial charge in [-0.3, -0.25) is 30.3 Å². The Hall–Kier alpha value is -13.7. The van der Waals surface area contributed by atoms with E-state index in [9.17, 15) is 26.7 Å². The van der Waals surface area contributed by atoms with E-state index >= 15 is 0 Å². The van der Waals surface area contributed by atoms with E-state index in [0.29, 0.717) is 166 Å². The number of aromatic nitrogens is 20. The van der Waals surface area contributed by atoms with Gasteiger partial charge in [0.1, 0.15) is 25.0 Å². The predicted octanol–water partition coefficient (Wildman–Crippen LogP) is 18.0. The summed E-state index contributed by atoms with van der Waals surface area (Å²) in [4.78, 5) is 57.8. The number of nitrogens with zero attached hydrogens (tertiary/aromatic N) is 17. The first-order chi connectivity index (χ1) is 63.3. The molecule has 0 aliphatic heterocycles.